The molecule has 1 heterocycles. The third kappa shape index (κ3) is 4.33. The van der Waals surface area contributed by atoms with Gasteiger partial charge in [0.1, 0.15) is 6.04 Å². The molecule has 2 amide bonds. The maximum Gasteiger partial charge on any atom is 0.246 e. The van der Waals surface area contributed by atoms with Gasteiger partial charge in [-0.15, -0.1) is 11.8 Å². The zero-order valence-electron chi connectivity index (χ0n) is 14.3. The van der Waals surface area contributed by atoms with E-state index < -0.39 is 6.04 Å². The van der Waals surface area contributed by atoms with E-state index in [-0.39, 0.29) is 11.8 Å². The third-order valence-electron chi connectivity index (χ3n) is 4.02. The van der Waals surface area contributed by atoms with Crippen LogP contribution in [0.1, 0.15) is 19.4 Å². The Morgan fingerprint density at radius 3 is 2.64 bits per heavy atom. The molecule has 2 aromatic rings. The first-order valence-corrected chi connectivity index (χ1v) is 9.26. The summed E-state index contributed by atoms with van der Waals surface area (Å²) in [6, 6.07) is 13.2. The van der Waals surface area contributed by atoms with Gasteiger partial charge in [0, 0.05) is 16.3 Å². The molecule has 0 spiro atoms. The predicted octanol–water partition coefficient (Wildman–Crippen LogP) is 3.73. The quantitative estimate of drug-likeness (QED) is 0.764. The van der Waals surface area contributed by atoms with Crippen molar-refractivity contribution in [2.24, 2.45) is 0 Å². The number of carbonyl (C=O) groups excluding carboxylic acids is 2. The molecule has 1 atom stereocenters. The number of rotatable bonds is 5. The molecule has 0 radical (unpaired) electrons. The molecule has 3 N–H and O–H groups in total. The smallest absolute Gasteiger partial charge is 0.246 e. The lowest BCUT2D eigenvalue weighted by atomic mass is 10.1. The average molecular weight is 355 g/mol. The van der Waals surface area contributed by atoms with E-state index in [0.717, 1.165) is 28.4 Å². The first kappa shape index (κ1) is 17.4. The van der Waals surface area contributed by atoms with E-state index in [0.29, 0.717) is 5.75 Å². The van der Waals surface area contributed by atoms with E-state index >= 15 is 0 Å². The highest BCUT2D eigenvalue weighted by Crippen LogP contribution is 2.33. The SMILES string of the molecule is CCc1ccc(NC(=O)[C@@H](C)Nc2ccc3c(c2)NC(=O)CS3)cc1. The number of thioether (sulfide) groups is 1. The number of hydrogen-bond donors (Lipinski definition) is 3. The van der Waals surface area contributed by atoms with Crippen molar-refractivity contribution in [2.45, 2.75) is 31.2 Å². The van der Waals surface area contributed by atoms with E-state index in [9.17, 15) is 9.59 Å². The predicted molar refractivity (Wildman–Crippen MR) is 103 cm³/mol. The molecular weight excluding hydrogens is 334 g/mol. The van der Waals surface area contributed by atoms with Gasteiger partial charge in [0.25, 0.3) is 0 Å². The topological polar surface area (TPSA) is 70.2 Å². The molecular formula is C19H21N3O2S. The fourth-order valence-corrected chi connectivity index (χ4v) is 3.35. The van der Waals surface area contributed by atoms with E-state index in [1.807, 2.05) is 49.4 Å². The summed E-state index contributed by atoms with van der Waals surface area (Å²) < 4.78 is 0. The van der Waals surface area contributed by atoms with Crippen LogP contribution in [0.5, 0.6) is 0 Å². The lowest BCUT2D eigenvalue weighted by molar-refractivity contribution is -0.116. The number of hydrogen-bond acceptors (Lipinski definition) is 4. The molecule has 25 heavy (non-hydrogen) atoms. The van der Waals surface area contributed by atoms with Crippen LogP contribution in [0.2, 0.25) is 0 Å². The highest BCUT2D eigenvalue weighted by molar-refractivity contribution is 8.00. The molecule has 1 aliphatic heterocycles. The lowest BCUT2D eigenvalue weighted by Gasteiger charge is -2.19. The summed E-state index contributed by atoms with van der Waals surface area (Å²) in [6.07, 6.45) is 0.972. The van der Waals surface area contributed by atoms with Gasteiger partial charge in [0.05, 0.1) is 11.4 Å². The van der Waals surface area contributed by atoms with Gasteiger partial charge in [0.15, 0.2) is 0 Å². The largest absolute Gasteiger partial charge is 0.374 e. The van der Waals surface area contributed by atoms with Gasteiger partial charge in [-0.3, -0.25) is 9.59 Å². The van der Waals surface area contributed by atoms with Crippen LogP contribution in [0.4, 0.5) is 17.1 Å². The second-order valence-corrected chi connectivity index (χ2v) is 6.97. The zero-order valence-corrected chi connectivity index (χ0v) is 15.1. The van der Waals surface area contributed by atoms with Crippen molar-refractivity contribution in [3.63, 3.8) is 0 Å². The van der Waals surface area contributed by atoms with Crippen LogP contribution in [-0.2, 0) is 16.0 Å². The second-order valence-electron chi connectivity index (χ2n) is 5.95. The van der Waals surface area contributed by atoms with Gasteiger partial charge in [-0.1, -0.05) is 19.1 Å². The molecule has 6 heteroatoms. The van der Waals surface area contributed by atoms with E-state index in [1.165, 1.54) is 17.3 Å². The summed E-state index contributed by atoms with van der Waals surface area (Å²) in [7, 11) is 0. The Morgan fingerprint density at radius 2 is 1.92 bits per heavy atom. The zero-order chi connectivity index (χ0) is 17.8. The molecule has 0 unspecified atom stereocenters. The number of nitrogens with one attached hydrogen (secondary N) is 3. The van der Waals surface area contributed by atoms with Crippen LogP contribution in [-0.4, -0.2) is 23.6 Å². The number of amides is 2. The summed E-state index contributed by atoms with van der Waals surface area (Å²) in [5.74, 6) is 0.325. The van der Waals surface area contributed by atoms with Crippen molar-refractivity contribution in [3.8, 4) is 0 Å². The Labute approximate surface area is 151 Å². The van der Waals surface area contributed by atoms with Crippen molar-refractivity contribution in [1.29, 1.82) is 0 Å². The molecule has 0 aromatic heterocycles. The Hall–Kier alpha value is -2.47. The maximum absolute atomic E-state index is 12.4. The van der Waals surface area contributed by atoms with Crippen molar-refractivity contribution < 1.29 is 9.59 Å². The van der Waals surface area contributed by atoms with Crippen LogP contribution in [0.25, 0.3) is 0 Å². The van der Waals surface area contributed by atoms with E-state index in [2.05, 4.69) is 22.9 Å². The van der Waals surface area contributed by atoms with Gasteiger partial charge < -0.3 is 16.0 Å². The minimum Gasteiger partial charge on any atom is -0.374 e. The van der Waals surface area contributed by atoms with Gasteiger partial charge in [0.2, 0.25) is 11.8 Å². The number of fused-ring (bicyclic) bond motifs is 1. The second kappa shape index (κ2) is 7.61. The molecule has 130 valence electrons. The standard InChI is InChI=1S/C19H21N3O2S/c1-3-13-4-6-14(7-5-13)21-19(24)12(2)20-15-8-9-17-16(10-15)22-18(23)11-25-17/h4-10,12,20H,3,11H2,1-2H3,(H,21,24)(H,22,23)/t12-/m1/s1. The molecule has 0 bridgehead atoms. The van der Waals surface area contributed by atoms with Crippen molar-refractivity contribution in [1.82, 2.24) is 0 Å². The van der Waals surface area contributed by atoms with Crippen LogP contribution in [0, 0.1) is 0 Å². The molecule has 0 saturated carbocycles. The molecule has 0 aliphatic carbocycles. The highest BCUT2D eigenvalue weighted by atomic mass is 32.2. The van der Waals surface area contributed by atoms with Crippen molar-refractivity contribution >= 4 is 40.6 Å². The fraction of sp³-hybridized carbons (Fsp3) is 0.263. The maximum atomic E-state index is 12.4. The average Bonchev–Trinajstić information content (AvgIpc) is 2.62. The summed E-state index contributed by atoms with van der Waals surface area (Å²) >= 11 is 1.52. The van der Waals surface area contributed by atoms with E-state index in [1.54, 1.807) is 0 Å². The Kier molecular flexibility index (Phi) is 5.28. The molecule has 1 aliphatic rings. The summed E-state index contributed by atoms with van der Waals surface area (Å²) in [5.41, 5.74) is 3.60. The van der Waals surface area contributed by atoms with Crippen LogP contribution >= 0.6 is 11.8 Å². The fourth-order valence-electron chi connectivity index (χ4n) is 2.56. The number of benzene rings is 2. The van der Waals surface area contributed by atoms with Crippen LogP contribution in [0.15, 0.2) is 47.4 Å². The molecule has 5 nitrogen and oxygen atoms in total. The first-order chi connectivity index (χ1) is 12.0. The van der Waals surface area contributed by atoms with E-state index in [4.69, 9.17) is 0 Å². The Bertz CT molecular complexity index is 790. The highest BCUT2D eigenvalue weighted by Gasteiger charge is 2.17. The van der Waals surface area contributed by atoms with Crippen LogP contribution in [0.3, 0.4) is 0 Å². The van der Waals surface area contributed by atoms with Crippen LogP contribution < -0.4 is 16.0 Å². The van der Waals surface area contributed by atoms with Gasteiger partial charge in [-0.25, -0.2) is 0 Å². The number of aryl methyl sites for hydroxylation is 1. The molecule has 0 fully saturated rings. The minimum atomic E-state index is -0.407. The summed E-state index contributed by atoms with van der Waals surface area (Å²) in [6.45, 7) is 3.90. The summed E-state index contributed by atoms with van der Waals surface area (Å²) in [5, 5.41) is 8.94. The third-order valence-corrected chi connectivity index (χ3v) is 5.09. The first-order valence-electron chi connectivity index (χ1n) is 8.28. The molecule has 2 aromatic carbocycles. The molecule has 3 rings (SSSR count). The minimum absolute atomic E-state index is 0.00373. The monoisotopic (exact) mass is 355 g/mol. The normalized spacial score (nSPS) is 14.2. The van der Waals surface area contributed by atoms with Crippen molar-refractivity contribution in [2.75, 3.05) is 21.7 Å². The van der Waals surface area contributed by atoms with Gasteiger partial charge >= 0.3 is 0 Å². The van der Waals surface area contributed by atoms with Crippen molar-refractivity contribution in [3.05, 3.63) is 48.0 Å². The summed E-state index contributed by atoms with van der Waals surface area (Å²) in [4.78, 5) is 24.9. The lowest BCUT2D eigenvalue weighted by Crippen LogP contribution is -2.32. The van der Waals surface area contributed by atoms with Gasteiger partial charge in [-0.2, -0.15) is 0 Å². The number of carbonyl (C=O) groups is 2. The Morgan fingerprint density at radius 1 is 1.20 bits per heavy atom. The number of anilines is 3. The van der Waals surface area contributed by atoms with Gasteiger partial charge in [-0.05, 0) is 49.2 Å². The Balaban J connectivity index is 1.63. The molecule has 0 saturated heterocycles.